The molecule has 0 aromatic heterocycles. The maximum absolute atomic E-state index is 12.0. The summed E-state index contributed by atoms with van der Waals surface area (Å²) >= 11 is 5.96. The predicted molar refractivity (Wildman–Crippen MR) is 76.3 cm³/mol. The summed E-state index contributed by atoms with van der Waals surface area (Å²) in [6.07, 6.45) is 0. The Labute approximate surface area is 126 Å². The number of amides is 1. The Kier molecular flexibility index (Phi) is 4.79. The first kappa shape index (κ1) is 14.9. The number of aliphatic carboxylic acids is 1. The fraction of sp³-hybridized carbons (Fsp3) is 0.0667. The van der Waals surface area contributed by atoms with Gasteiger partial charge >= 0.3 is 0 Å². The molecule has 5 nitrogen and oxygen atoms in total. The lowest BCUT2D eigenvalue weighted by Gasteiger charge is -2.09. The van der Waals surface area contributed by atoms with Gasteiger partial charge in [0.15, 0.2) is 0 Å². The Morgan fingerprint density at radius 1 is 1.10 bits per heavy atom. The van der Waals surface area contributed by atoms with Gasteiger partial charge in [-0.1, -0.05) is 23.7 Å². The van der Waals surface area contributed by atoms with Gasteiger partial charge < -0.3 is 20.0 Å². The summed E-state index contributed by atoms with van der Waals surface area (Å²) in [4.78, 5) is 22.3. The van der Waals surface area contributed by atoms with Crippen LogP contribution in [0.3, 0.4) is 0 Å². The Hall–Kier alpha value is -2.53. The van der Waals surface area contributed by atoms with Gasteiger partial charge in [0.05, 0.1) is 16.7 Å². The van der Waals surface area contributed by atoms with E-state index in [0.717, 1.165) is 0 Å². The highest BCUT2D eigenvalue weighted by atomic mass is 35.5. The van der Waals surface area contributed by atoms with Crippen LogP contribution in [0.25, 0.3) is 0 Å². The van der Waals surface area contributed by atoms with E-state index in [2.05, 4.69) is 5.32 Å². The summed E-state index contributed by atoms with van der Waals surface area (Å²) in [6, 6.07) is 13.0. The van der Waals surface area contributed by atoms with Crippen molar-refractivity contribution in [2.45, 2.75) is 0 Å². The molecule has 0 aliphatic rings. The minimum atomic E-state index is -1.31. The van der Waals surface area contributed by atoms with Crippen LogP contribution >= 0.6 is 11.6 Å². The van der Waals surface area contributed by atoms with Crippen LogP contribution in [0.1, 0.15) is 10.4 Å². The second-order valence-electron chi connectivity index (χ2n) is 4.12. The van der Waals surface area contributed by atoms with Crippen molar-refractivity contribution in [2.75, 3.05) is 11.9 Å². The van der Waals surface area contributed by atoms with Gasteiger partial charge in [-0.15, -0.1) is 0 Å². The molecule has 0 fully saturated rings. The number of ether oxygens (including phenoxy) is 1. The van der Waals surface area contributed by atoms with Crippen LogP contribution in [0.5, 0.6) is 5.75 Å². The van der Waals surface area contributed by atoms with Crippen molar-refractivity contribution in [2.24, 2.45) is 0 Å². The number of carboxylic acids is 1. The van der Waals surface area contributed by atoms with E-state index in [4.69, 9.17) is 16.3 Å². The first-order valence-corrected chi connectivity index (χ1v) is 6.42. The molecule has 0 heterocycles. The molecule has 1 N–H and O–H groups in total. The predicted octanol–water partition coefficient (Wildman–Crippen LogP) is 1.72. The third kappa shape index (κ3) is 4.22. The lowest BCUT2D eigenvalue weighted by atomic mass is 10.2. The lowest BCUT2D eigenvalue weighted by Crippen LogP contribution is -2.28. The average Bonchev–Trinajstić information content (AvgIpc) is 2.48. The largest absolute Gasteiger partial charge is 0.546 e. The van der Waals surface area contributed by atoms with E-state index in [1.807, 2.05) is 0 Å². The summed E-state index contributed by atoms with van der Waals surface area (Å²) in [7, 11) is 0. The van der Waals surface area contributed by atoms with Crippen molar-refractivity contribution in [3.05, 3.63) is 59.1 Å². The number of hydrogen-bond donors (Lipinski definition) is 1. The standard InChI is InChI=1S/C15H12ClNO4/c16-12-3-1-2-4-13(12)17-15(20)10-5-7-11(8-6-10)21-9-14(18)19/h1-8H,9H2,(H,17,20)(H,18,19)/p-1. The van der Waals surface area contributed by atoms with Crippen molar-refractivity contribution >= 4 is 29.2 Å². The van der Waals surface area contributed by atoms with Crippen LogP contribution < -0.4 is 15.2 Å². The third-order valence-corrected chi connectivity index (χ3v) is 2.92. The number of carbonyl (C=O) groups is 2. The van der Waals surface area contributed by atoms with Gasteiger partial charge in [-0.3, -0.25) is 4.79 Å². The number of para-hydroxylation sites is 1. The normalized spacial score (nSPS) is 9.95. The zero-order valence-electron chi connectivity index (χ0n) is 10.8. The first-order valence-electron chi connectivity index (χ1n) is 6.05. The summed E-state index contributed by atoms with van der Waals surface area (Å²) < 4.78 is 4.92. The van der Waals surface area contributed by atoms with Crippen molar-refractivity contribution in [1.82, 2.24) is 0 Å². The minimum absolute atomic E-state index is 0.324. The molecule has 0 spiro atoms. The van der Waals surface area contributed by atoms with Crippen LogP contribution in [0.2, 0.25) is 5.02 Å². The molecule has 0 saturated carbocycles. The second-order valence-corrected chi connectivity index (χ2v) is 4.53. The van der Waals surface area contributed by atoms with Crippen LogP contribution in [0.15, 0.2) is 48.5 Å². The molecular formula is C15H11ClNO4-. The molecule has 2 aromatic carbocycles. The molecule has 1 amide bonds. The van der Waals surface area contributed by atoms with Gasteiger partial charge in [-0.25, -0.2) is 0 Å². The second kappa shape index (κ2) is 6.76. The summed E-state index contributed by atoms with van der Waals surface area (Å²) in [6.45, 7) is -0.537. The minimum Gasteiger partial charge on any atom is -0.546 e. The molecule has 0 aliphatic carbocycles. The number of anilines is 1. The zero-order valence-corrected chi connectivity index (χ0v) is 11.6. The van der Waals surface area contributed by atoms with Crippen LogP contribution in [-0.4, -0.2) is 18.5 Å². The Bertz CT molecular complexity index is 655. The Morgan fingerprint density at radius 3 is 2.38 bits per heavy atom. The van der Waals surface area contributed by atoms with Crippen molar-refractivity contribution < 1.29 is 19.4 Å². The number of hydrogen-bond acceptors (Lipinski definition) is 4. The maximum Gasteiger partial charge on any atom is 0.255 e. The summed E-state index contributed by atoms with van der Waals surface area (Å²) in [5.41, 5.74) is 0.914. The summed E-state index contributed by atoms with van der Waals surface area (Å²) in [5, 5.41) is 13.4. The van der Waals surface area contributed by atoms with Gasteiger partial charge in [0, 0.05) is 5.56 Å². The molecule has 0 aliphatic heterocycles. The van der Waals surface area contributed by atoms with Crippen LogP contribution in [0.4, 0.5) is 5.69 Å². The van der Waals surface area contributed by atoms with E-state index in [-0.39, 0.29) is 5.91 Å². The first-order chi connectivity index (χ1) is 10.1. The van der Waals surface area contributed by atoms with Gasteiger partial charge in [0.25, 0.3) is 5.91 Å². The molecular weight excluding hydrogens is 294 g/mol. The van der Waals surface area contributed by atoms with E-state index >= 15 is 0 Å². The number of carbonyl (C=O) groups excluding carboxylic acids is 2. The fourth-order valence-electron chi connectivity index (χ4n) is 1.60. The van der Waals surface area contributed by atoms with E-state index in [9.17, 15) is 14.7 Å². The van der Waals surface area contributed by atoms with Crippen LogP contribution in [-0.2, 0) is 4.79 Å². The number of carboxylic acid groups (broad SMARTS) is 1. The fourth-order valence-corrected chi connectivity index (χ4v) is 1.78. The molecule has 0 bridgehead atoms. The van der Waals surface area contributed by atoms with E-state index in [1.165, 1.54) is 24.3 Å². The van der Waals surface area contributed by atoms with Gasteiger partial charge in [0.2, 0.25) is 0 Å². The number of rotatable bonds is 5. The highest BCUT2D eigenvalue weighted by Gasteiger charge is 2.08. The zero-order chi connectivity index (χ0) is 15.2. The quantitative estimate of drug-likeness (QED) is 0.912. The van der Waals surface area contributed by atoms with Gasteiger partial charge in [0.1, 0.15) is 12.4 Å². The average molecular weight is 305 g/mol. The molecule has 21 heavy (non-hydrogen) atoms. The Morgan fingerprint density at radius 2 is 1.76 bits per heavy atom. The summed E-state index contributed by atoms with van der Waals surface area (Å²) in [5.74, 6) is -1.29. The van der Waals surface area contributed by atoms with Gasteiger partial charge in [-0.2, -0.15) is 0 Å². The maximum atomic E-state index is 12.0. The van der Waals surface area contributed by atoms with E-state index in [1.54, 1.807) is 24.3 Å². The molecule has 0 saturated heterocycles. The highest BCUT2D eigenvalue weighted by molar-refractivity contribution is 6.33. The molecule has 108 valence electrons. The van der Waals surface area contributed by atoms with E-state index in [0.29, 0.717) is 22.0 Å². The number of nitrogens with one attached hydrogen (secondary N) is 1. The third-order valence-electron chi connectivity index (χ3n) is 2.60. The van der Waals surface area contributed by atoms with Gasteiger partial charge in [-0.05, 0) is 36.4 Å². The van der Waals surface area contributed by atoms with Crippen LogP contribution in [0, 0.1) is 0 Å². The number of benzene rings is 2. The van der Waals surface area contributed by atoms with Crippen molar-refractivity contribution in [3.8, 4) is 5.75 Å². The van der Waals surface area contributed by atoms with Crippen molar-refractivity contribution in [3.63, 3.8) is 0 Å². The Balaban J connectivity index is 2.03. The highest BCUT2D eigenvalue weighted by Crippen LogP contribution is 2.21. The SMILES string of the molecule is O=C([O-])COc1ccc(C(=O)Nc2ccccc2Cl)cc1. The lowest BCUT2D eigenvalue weighted by molar-refractivity contribution is -0.307. The number of halogens is 1. The monoisotopic (exact) mass is 304 g/mol. The molecule has 0 unspecified atom stereocenters. The molecule has 2 rings (SSSR count). The smallest absolute Gasteiger partial charge is 0.255 e. The van der Waals surface area contributed by atoms with E-state index < -0.39 is 12.6 Å². The molecule has 0 atom stereocenters. The molecule has 0 radical (unpaired) electrons. The molecule has 6 heteroatoms. The topological polar surface area (TPSA) is 78.5 Å². The van der Waals surface area contributed by atoms with Crippen molar-refractivity contribution in [1.29, 1.82) is 0 Å². The molecule has 2 aromatic rings.